The van der Waals surface area contributed by atoms with Gasteiger partial charge in [0.15, 0.2) is 0 Å². The minimum Gasteiger partial charge on any atom is -0.269 e. The zero-order valence-electron chi connectivity index (χ0n) is 21.5. The summed E-state index contributed by atoms with van der Waals surface area (Å²) in [6.45, 7) is 2.01. The molecule has 0 saturated heterocycles. The van der Waals surface area contributed by atoms with Crippen LogP contribution in [0.1, 0.15) is 40.7 Å². The van der Waals surface area contributed by atoms with Gasteiger partial charge in [0.25, 0.3) is 15.9 Å². The molecule has 0 heterocycles. The highest BCUT2D eigenvalue weighted by Crippen LogP contribution is 2.38. The van der Waals surface area contributed by atoms with Crippen molar-refractivity contribution in [2.75, 3.05) is 0 Å². The van der Waals surface area contributed by atoms with Crippen molar-refractivity contribution in [3.63, 3.8) is 0 Å². The number of halogens is 3. The smallest absolute Gasteiger partial charge is 0.269 e. The van der Waals surface area contributed by atoms with Crippen LogP contribution in [0.15, 0.2) is 126 Å². The van der Waals surface area contributed by atoms with E-state index in [0.29, 0.717) is 17.7 Å². The first kappa shape index (κ1) is 28.6. The van der Waals surface area contributed by atoms with Gasteiger partial charge in [-0.1, -0.05) is 91.0 Å². The maximum absolute atomic E-state index is 12.7. The van der Waals surface area contributed by atoms with Crippen molar-refractivity contribution < 1.29 is 26.4 Å². The van der Waals surface area contributed by atoms with Gasteiger partial charge in [0.05, 0.1) is 10.5 Å². The fourth-order valence-electron chi connectivity index (χ4n) is 4.35. The van der Waals surface area contributed by atoms with E-state index in [1.54, 1.807) is 0 Å². The van der Waals surface area contributed by atoms with Crippen LogP contribution in [0.2, 0.25) is 0 Å². The Morgan fingerprint density at radius 3 is 1.88 bits per heavy atom. The molecule has 1 atom stereocenters. The lowest BCUT2D eigenvalue weighted by Crippen LogP contribution is -2.29. The zero-order valence-corrected chi connectivity index (χ0v) is 22.3. The first-order valence-corrected chi connectivity index (χ1v) is 13.9. The van der Waals surface area contributed by atoms with Crippen LogP contribution in [0.4, 0.5) is 13.2 Å². The molecule has 1 N–H and O–H groups in total. The number of hydrogen-bond donors (Lipinski definition) is 1. The van der Waals surface area contributed by atoms with Crippen molar-refractivity contribution in [1.29, 1.82) is 0 Å². The molecule has 0 aliphatic carbocycles. The molecule has 8 heteroatoms. The Morgan fingerprint density at radius 2 is 1.32 bits per heavy atom. The molecule has 0 fully saturated rings. The van der Waals surface area contributed by atoms with Gasteiger partial charge in [0, 0.05) is 12.0 Å². The molecule has 204 valence electrons. The van der Waals surface area contributed by atoms with Crippen molar-refractivity contribution in [1.82, 2.24) is 4.72 Å². The van der Waals surface area contributed by atoms with Crippen LogP contribution >= 0.6 is 0 Å². The summed E-state index contributed by atoms with van der Waals surface area (Å²) in [4.78, 5) is 11.9. The molecule has 1 amide bonds. The largest absolute Gasteiger partial charge is 0.416 e. The summed E-state index contributed by atoms with van der Waals surface area (Å²) < 4.78 is 64.9. The van der Waals surface area contributed by atoms with Gasteiger partial charge >= 0.3 is 6.18 Å². The van der Waals surface area contributed by atoms with E-state index in [0.717, 1.165) is 40.5 Å². The molecule has 40 heavy (non-hydrogen) atoms. The fraction of sp³-hybridized carbons (Fsp3) is 0.0938. The number of carbonyl (C=O) groups is 1. The summed E-state index contributed by atoms with van der Waals surface area (Å²) in [6, 6.07) is 30.7. The summed E-state index contributed by atoms with van der Waals surface area (Å²) in [5, 5.41) is 0. The van der Waals surface area contributed by atoms with E-state index in [9.17, 15) is 26.4 Å². The standard InChI is InChI=1S/C32H26F3NO3S/c1-2-29(24-9-5-3-6-10-24)31(25-11-7-4-8-12-25)26-16-13-23(14-17-26)15-22-30(37)36-40(38,39)28-20-18-27(19-21-28)32(33,34)35/h2-22,31H,1H3,(H,36,37). The molecule has 0 saturated carbocycles. The van der Waals surface area contributed by atoms with E-state index >= 15 is 0 Å². The average molecular weight is 562 g/mol. The zero-order chi connectivity index (χ0) is 28.8. The molecule has 4 rings (SSSR count). The van der Waals surface area contributed by atoms with Crippen molar-refractivity contribution in [3.05, 3.63) is 149 Å². The van der Waals surface area contributed by atoms with Gasteiger partial charge in [-0.25, -0.2) is 13.1 Å². The second kappa shape index (κ2) is 12.2. The molecule has 1 unspecified atom stereocenters. The van der Waals surface area contributed by atoms with Crippen LogP contribution in [0, 0.1) is 0 Å². The topological polar surface area (TPSA) is 63.2 Å². The van der Waals surface area contributed by atoms with Crippen molar-refractivity contribution in [2.45, 2.75) is 23.9 Å². The van der Waals surface area contributed by atoms with E-state index in [-0.39, 0.29) is 5.92 Å². The van der Waals surface area contributed by atoms with Crippen LogP contribution in [0.3, 0.4) is 0 Å². The van der Waals surface area contributed by atoms with Crippen LogP contribution < -0.4 is 4.72 Å². The highest BCUT2D eigenvalue weighted by Gasteiger charge is 2.30. The Kier molecular flexibility index (Phi) is 8.70. The third-order valence-electron chi connectivity index (χ3n) is 6.29. The number of benzene rings is 4. The van der Waals surface area contributed by atoms with Crippen LogP contribution in [0.25, 0.3) is 11.6 Å². The summed E-state index contributed by atoms with van der Waals surface area (Å²) >= 11 is 0. The molecule has 0 spiro atoms. The quantitative estimate of drug-likeness (QED) is 0.227. The highest BCUT2D eigenvalue weighted by molar-refractivity contribution is 7.90. The van der Waals surface area contributed by atoms with Gasteiger partial charge in [0.2, 0.25) is 0 Å². The lowest BCUT2D eigenvalue weighted by Gasteiger charge is -2.22. The molecule has 0 aromatic heterocycles. The maximum atomic E-state index is 12.7. The van der Waals surface area contributed by atoms with Crippen LogP contribution in [0.5, 0.6) is 0 Å². The van der Waals surface area contributed by atoms with Gasteiger partial charge in [-0.05, 0) is 65.1 Å². The number of alkyl halides is 3. The second-order valence-corrected chi connectivity index (χ2v) is 10.6. The Bertz CT molecular complexity index is 1610. The summed E-state index contributed by atoms with van der Waals surface area (Å²) in [5.41, 5.74) is 4.09. The number of hydrogen-bond acceptors (Lipinski definition) is 3. The van der Waals surface area contributed by atoms with Crippen molar-refractivity contribution in [3.8, 4) is 0 Å². The maximum Gasteiger partial charge on any atom is 0.416 e. The molecule has 4 aromatic rings. The Balaban J connectivity index is 1.52. The summed E-state index contributed by atoms with van der Waals surface area (Å²) in [6.07, 6.45) is 0.0302. The molecule has 4 aromatic carbocycles. The summed E-state index contributed by atoms with van der Waals surface area (Å²) in [5.74, 6) is -0.963. The van der Waals surface area contributed by atoms with Crippen molar-refractivity contribution in [2.24, 2.45) is 0 Å². The first-order valence-electron chi connectivity index (χ1n) is 12.4. The number of sulfonamides is 1. The second-order valence-electron chi connectivity index (χ2n) is 8.95. The van der Waals surface area contributed by atoms with Crippen molar-refractivity contribution >= 4 is 27.6 Å². The number of amides is 1. The van der Waals surface area contributed by atoms with Gasteiger partial charge in [0.1, 0.15) is 0 Å². The Morgan fingerprint density at radius 1 is 0.775 bits per heavy atom. The molecule has 0 bridgehead atoms. The Labute approximate surface area is 231 Å². The molecule has 0 aliphatic rings. The van der Waals surface area contributed by atoms with E-state index in [4.69, 9.17) is 0 Å². The lowest BCUT2D eigenvalue weighted by atomic mass is 9.81. The molecule has 4 nitrogen and oxygen atoms in total. The minimum absolute atomic E-state index is 0.0381. The first-order chi connectivity index (χ1) is 19.1. The van der Waals surface area contributed by atoms with Gasteiger partial charge in [-0.3, -0.25) is 4.79 Å². The molecule has 0 aliphatic heterocycles. The molecular formula is C32H26F3NO3S. The molecular weight excluding hydrogens is 535 g/mol. The lowest BCUT2D eigenvalue weighted by molar-refractivity contribution is -0.137. The predicted octanol–water partition coefficient (Wildman–Crippen LogP) is 7.46. The van der Waals surface area contributed by atoms with Gasteiger partial charge in [-0.2, -0.15) is 13.2 Å². The van der Waals surface area contributed by atoms with Crippen LogP contribution in [-0.2, 0) is 21.0 Å². The van der Waals surface area contributed by atoms with E-state index in [1.807, 2.05) is 72.3 Å². The monoisotopic (exact) mass is 561 g/mol. The average Bonchev–Trinajstić information content (AvgIpc) is 2.95. The van der Waals surface area contributed by atoms with Crippen LogP contribution in [-0.4, -0.2) is 14.3 Å². The molecule has 0 radical (unpaired) electrons. The van der Waals surface area contributed by atoms with E-state index in [1.165, 1.54) is 6.08 Å². The SMILES string of the molecule is CC=C(c1ccccc1)C(c1ccccc1)c1ccc(C=CC(=O)NS(=O)(=O)c2ccc(C(F)(F)F)cc2)cc1. The van der Waals surface area contributed by atoms with Gasteiger partial charge in [-0.15, -0.1) is 0 Å². The Hall–Kier alpha value is -4.43. The van der Waals surface area contributed by atoms with E-state index < -0.39 is 32.6 Å². The van der Waals surface area contributed by atoms with Gasteiger partial charge < -0.3 is 0 Å². The third kappa shape index (κ3) is 6.95. The number of carbonyl (C=O) groups excluding carboxylic acids is 1. The number of rotatable bonds is 8. The number of allylic oxidation sites excluding steroid dienone is 2. The summed E-state index contributed by atoms with van der Waals surface area (Å²) in [7, 11) is -4.34. The fourth-order valence-corrected chi connectivity index (χ4v) is 5.29. The minimum atomic E-state index is -4.60. The normalized spacial score (nSPS) is 13.2. The highest BCUT2D eigenvalue weighted by atomic mass is 32.2. The predicted molar refractivity (Wildman–Crippen MR) is 151 cm³/mol. The van der Waals surface area contributed by atoms with E-state index in [2.05, 4.69) is 30.3 Å². The number of nitrogens with one attached hydrogen (secondary N) is 1. The third-order valence-corrected chi connectivity index (χ3v) is 7.65.